The van der Waals surface area contributed by atoms with E-state index >= 15 is 0 Å². The zero-order chi connectivity index (χ0) is 12.4. The average Bonchev–Trinajstić information content (AvgIpc) is 2.67. The molecule has 0 radical (unpaired) electrons. The standard InChI is InChI=1S/C10H10N4O3/c1-13-5-4-11-8(13)6-14-9(15)3-2-7(12-14)10(16)17/h2-5H,6H2,1H3,(H,16,17). The molecule has 17 heavy (non-hydrogen) atoms. The number of carboxylic acids is 1. The normalized spacial score (nSPS) is 10.4. The van der Waals surface area contributed by atoms with Gasteiger partial charge in [0.25, 0.3) is 5.56 Å². The summed E-state index contributed by atoms with van der Waals surface area (Å²) in [6, 6.07) is 2.36. The van der Waals surface area contributed by atoms with Gasteiger partial charge in [-0.3, -0.25) is 4.79 Å². The van der Waals surface area contributed by atoms with Crippen molar-refractivity contribution < 1.29 is 9.90 Å². The Labute approximate surface area is 96.0 Å². The van der Waals surface area contributed by atoms with Gasteiger partial charge >= 0.3 is 5.97 Å². The fourth-order valence-electron chi connectivity index (χ4n) is 1.36. The number of imidazole rings is 1. The molecule has 7 nitrogen and oxygen atoms in total. The van der Waals surface area contributed by atoms with Crippen molar-refractivity contribution in [2.75, 3.05) is 0 Å². The molecule has 2 aromatic rings. The van der Waals surface area contributed by atoms with Crippen LogP contribution in [0.4, 0.5) is 0 Å². The van der Waals surface area contributed by atoms with E-state index in [1.807, 2.05) is 0 Å². The van der Waals surface area contributed by atoms with Gasteiger partial charge in [-0.05, 0) is 6.07 Å². The number of aryl methyl sites for hydroxylation is 1. The Hall–Kier alpha value is -2.44. The molecule has 0 saturated heterocycles. The maximum atomic E-state index is 11.5. The Bertz CT molecular complexity index is 614. The maximum absolute atomic E-state index is 11.5. The van der Waals surface area contributed by atoms with Crippen molar-refractivity contribution in [2.24, 2.45) is 7.05 Å². The van der Waals surface area contributed by atoms with Crippen LogP contribution in [0.2, 0.25) is 0 Å². The molecule has 88 valence electrons. The predicted octanol–water partition coefficient (Wildman–Crippen LogP) is -0.277. The third kappa shape index (κ3) is 2.22. The Morgan fingerprint density at radius 3 is 2.82 bits per heavy atom. The molecule has 2 heterocycles. The van der Waals surface area contributed by atoms with Gasteiger partial charge in [0.05, 0.1) is 0 Å². The van der Waals surface area contributed by atoms with Gasteiger partial charge in [-0.1, -0.05) is 0 Å². The second-order valence-electron chi connectivity index (χ2n) is 3.47. The van der Waals surface area contributed by atoms with Crippen molar-refractivity contribution >= 4 is 5.97 Å². The monoisotopic (exact) mass is 234 g/mol. The van der Waals surface area contributed by atoms with Gasteiger partial charge in [-0.25, -0.2) is 14.5 Å². The van der Waals surface area contributed by atoms with E-state index in [1.165, 1.54) is 12.1 Å². The predicted molar refractivity (Wildman–Crippen MR) is 57.8 cm³/mol. The van der Waals surface area contributed by atoms with Crippen LogP contribution in [0, 0.1) is 0 Å². The summed E-state index contributed by atoms with van der Waals surface area (Å²) in [5, 5.41) is 12.5. The van der Waals surface area contributed by atoms with Crippen LogP contribution in [0.3, 0.4) is 0 Å². The van der Waals surface area contributed by atoms with Crippen LogP contribution in [0.5, 0.6) is 0 Å². The molecule has 0 spiro atoms. The molecule has 0 bridgehead atoms. The largest absolute Gasteiger partial charge is 0.476 e. The lowest BCUT2D eigenvalue weighted by Crippen LogP contribution is -2.25. The van der Waals surface area contributed by atoms with Crippen LogP contribution >= 0.6 is 0 Å². The third-order valence-corrected chi connectivity index (χ3v) is 2.30. The molecule has 2 aromatic heterocycles. The van der Waals surface area contributed by atoms with Crippen LogP contribution in [0.25, 0.3) is 0 Å². The number of nitrogens with zero attached hydrogens (tertiary/aromatic N) is 4. The highest BCUT2D eigenvalue weighted by Crippen LogP contribution is 1.97. The lowest BCUT2D eigenvalue weighted by atomic mass is 10.4. The first-order chi connectivity index (χ1) is 8.08. The van der Waals surface area contributed by atoms with E-state index in [2.05, 4.69) is 10.1 Å². The van der Waals surface area contributed by atoms with E-state index < -0.39 is 5.97 Å². The fourth-order valence-corrected chi connectivity index (χ4v) is 1.36. The second kappa shape index (κ2) is 4.20. The summed E-state index contributed by atoms with van der Waals surface area (Å²) in [6.45, 7) is 0.142. The zero-order valence-electron chi connectivity index (χ0n) is 9.07. The van der Waals surface area contributed by atoms with Crippen LogP contribution in [0.1, 0.15) is 16.3 Å². The van der Waals surface area contributed by atoms with Crippen LogP contribution in [-0.4, -0.2) is 30.4 Å². The van der Waals surface area contributed by atoms with Gasteiger partial charge in [-0.2, -0.15) is 5.10 Å². The molecule has 0 amide bonds. The molecule has 0 atom stereocenters. The van der Waals surface area contributed by atoms with E-state index in [0.717, 1.165) is 4.68 Å². The second-order valence-corrected chi connectivity index (χ2v) is 3.47. The topological polar surface area (TPSA) is 90.0 Å². The summed E-state index contributed by atoms with van der Waals surface area (Å²) in [5.74, 6) is -0.541. The van der Waals surface area contributed by atoms with Crippen LogP contribution in [-0.2, 0) is 13.6 Å². The molecule has 0 saturated carbocycles. The van der Waals surface area contributed by atoms with E-state index in [4.69, 9.17) is 5.11 Å². The molecular weight excluding hydrogens is 224 g/mol. The van der Waals surface area contributed by atoms with E-state index in [0.29, 0.717) is 5.82 Å². The minimum absolute atomic E-state index is 0.142. The minimum atomic E-state index is -1.17. The Kier molecular flexibility index (Phi) is 2.73. The first-order valence-corrected chi connectivity index (χ1v) is 4.85. The Morgan fingerprint density at radius 2 is 2.24 bits per heavy atom. The number of carbonyl (C=O) groups is 1. The van der Waals surface area contributed by atoms with E-state index in [-0.39, 0.29) is 17.8 Å². The quantitative estimate of drug-likeness (QED) is 0.789. The molecule has 0 aromatic carbocycles. The van der Waals surface area contributed by atoms with Crippen molar-refractivity contribution in [1.82, 2.24) is 19.3 Å². The highest BCUT2D eigenvalue weighted by Gasteiger charge is 2.09. The summed E-state index contributed by atoms with van der Waals surface area (Å²) in [5.41, 5.74) is -0.531. The summed E-state index contributed by atoms with van der Waals surface area (Å²) in [6.07, 6.45) is 3.34. The van der Waals surface area contributed by atoms with Gasteiger partial charge in [0, 0.05) is 25.5 Å². The Morgan fingerprint density at radius 1 is 1.47 bits per heavy atom. The summed E-state index contributed by atoms with van der Waals surface area (Å²) < 4.78 is 2.81. The van der Waals surface area contributed by atoms with Gasteiger partial charge < -0.3 is 9.67 Å². The number of hydrogen-bond acceptors (Lipinski definition) is 4. The average molecular weight is 234 g/mol. The number of aromatic carboxylic acids is 1. The number of carboxylic acid groups (broad SMARTS) is 1. The lowest BCUT2D eigenvalue weighted by Gasteiger charge is -2.04. The van der Waals surface area contributed by atoms with E-state index in [1.54, 1.807) is 24.0 Å². The van der Waals surface area contributed by atoms with Crippen molar-refractivity contribution in [1.29, 1.82) is 0 Å². The maximum Gasteiger partial charge on any atom is 0.356 e. The third-order valence-electron chi connectivity index (χ3n) is 2.30. The fraction of sp³-hybridized carbons (Fsp3) is 0.200. The number of hydrogen-bond donors (Lipinski definition) is 1. The van der Waals surface area contributed by atoms with Gasteiger partial charge in [0.15, 0.2) is 5.69 Å². The first-order valence-electron chi connectivity index (χ1n) is 4.85. The van der Waals surface area contributed by atoms with Crippen LogP contribution < -0.4 is 5.56 Å². The van der Waals surface area contributed by atoms with Gasteiger partial charge in [0.1, 0.15) is 12.4 Å². The van der Waals surface area contributed by atoms with Crippen molar-refractivity contribution in [3.63, 3.8) is 0 Å². The molecular formula is C10H10N4O3. The lowest BCUT2D eigenvalue weighted by molar-refractivity contribution is 0.0687. The van der Waals surface area contributed by atoms with Crippen molar-refractivity contribution in [2.45, 2.75) is 6.54 Å². The van der Waals surface area contributed by atoms with E-state index in [9.17, 15) is 9.59 Å². The molecule has 0 aliphatic carbocycles. The van der Waals surface area contributed by atoms with Crippen molar-refractivity contribution in [3.8, 4) is 0 Å². The van der Waals surface area contributed by atoms with Gasteiger partial charge in [-0.15, -0.1) is 0 Å². The Balaban J connectivity index is 2.39. The number of aromatic nitrogens is 4. The summed E-state index contributed by atoms with van der Waals surface area (Å²) in [4.78, 5) is 26.3. The minimum Gasteiger partial charge on any atom is -0.476 e. The molecule has 7 heteroatoms. The zero-order valence-corrected chi connectivity index (χ0v) is 9.07. The van der Waals surface area contributed by atoms with Crippen molar-refractivity contribution in [3.05, 3.63) is 46.4 Å². The molecule has 1 N–H and O–H groups in total. The smallest absolute Gasteiger partial charge is 0.356 e. The molecule has 2 rings (SSSR count). The van der Waals surface area contributed by atoms with Gasteiger partial charge in [0.2, 0.25) is 0 Å². The molecule has 0 aliphatic rings. The van der Waals surface area contributed by atoms with Crippen LogP contribution in [0.15, 0.2) is 29.3 Å². The molecule has 0 aliphatic heterocycles. The molecule has 0 unspecified atom stereocenters. The highest BCUT2D eigenvalue weighted by atomic mass is 16.4. The highest BCUT2D eigenvalue weighted by molar-refractivity contribution is 5.84. The molecule has 0 fully saturated rings. The first kappa shape index (κ1) is 11.1. The number of rotatable bonds is 3. The summed E-state index contributed by atoms with van der Waals surface area (Å²) >= 11 is 0. The summed E-state index contributed by atoms with van der Waals surface area (Å²) in [7, 11) is 1.79. The SMILES string of the molecule is Cn1ccnc1Cn1nc(C(=O)O)ccc1=O.